The Kier molecular flexibility index (Phi) is 5.62. The largest absolute Gasteiger partial charge is 0.497 e. The van der Waals surface area contributed by atoms with E-state index in [-0.39, 0.29) is 5.91 Å². The van der Waals surface area contributed by atoms with Gasteiger partial charge in [0.2, 0.25) is 5.91 Å². The highest BCUT2D eigenvalue weighted by Crippen LogP contribution is 2.27. The van der Waals surface area contributed by atoms with Crippen molar-refractivity contribution in [2.75, 3.05) is 33.3 Å². The van der Waals surface area contributed by atoms with Gasteiger partial charge in [0.25, 0.3) is 0 Å². The number of hydrogen-bond donors (Lipinski definition) is 0. The molecule has 0 unspecified atom stereocenters. The lowest BCUT2D eigenvalue weighted by Gasteiger charge is -2.31. The average molecular weight is 383 g/mol. The van der Waals surface area contributed by atoms with Gasteiger partial charge < -0.3 is 14.2 Å². The van der Waals surface area contributed by atoms with E-state index in [0.29, 0.717) is 5.92 Å². The van der Waals surface area contributed by atoms with Crippen LogP contribution >= 0.6 is 0 Å². The van der Waals surface area contributed by atoms with Crippen LogP contribution in [0, 0.1) is 0 Å². The molecule has 3 heterocycles. The highest BCUT2D eigenvalue weighted by Gasteiger charge is 2.29. The number of carbonyl (C=O) groups excluding carboxylic acids is 1. The Bertz CT molecular complexity index is 834. The first-order chi connectivity index (χ1) is 13.6. The maximum absolute atomic E-state index is 11.8. The molecule has 150 valence electrons. The molecule has 2 aliphatic heterocycles. The Labute approximate surface area is 166 Å². The van der Waals surface area contributed by atoms with Gasteiger partial charge in [-0.25, -0.2) is 0 Å². The van der Waals surface area contributed by atoms with Crippen molar-refractivity contribution < 1.29 is 9.53 Å². The van der Waals surface area contributed by atoms with Crippen LogP contribution in [-0.4, -0.2) is 63.8 Å². The van der Waals surface area contributed by atoms with Crippen molar-refractivity contribution in [2.24, 2.45) is 0 Å². The van der Waals surface area contributed by atoms with Gasteiger partial charge in [0.05, 0.1) is 7.11 Å². The highest BCUT2D eigenvalue weighted by atomic mass is 16.5. The van der Waals surface area contributed by atoms with Crippen molar-refractivity contribution in [2.45, 2.75) is 45.2 Å². The molecular weight excluding hydrogens is 354 g/mol. The molecule has 28 heavy (non-hydrogen) atoms. The standard InChI is InChI=1S/C21H29N5O2/c1-16(27)25-9-4-6-18(15-25)21-23-22-20-8-10-24(11-12-26(20)21)14-17-5-3-7-19(13-17)28-2/h3,5,7,13,18H,4,6,8-12,14-15H2,1-2H3/t18-/m0/s1. The summed E-state index contributed by atoms with van der Waals surface area (Å²) in [5.41, 5.74) is 1.27. The van der Waals surface area contributed by atoms with Crippen LogP contribution in [0.3, 0.4) is 0 Å². The molecule has 1 saturated heterocycles. The van der Waals surface area contributed by atoms with Crippen molar-refractivity contribution in [3.63, 3.8) is 0 Å². The predicted molar refractivity (Wildman–Crippen MR) is 106 cm³/mol. The molecule has 0 bridgehead atoms. The van der Waals surface area contributed by atoms with Gasteiger partial charge in [-0.05, 0) is 30.5 Å². The lowest BCUT2D eigenvalue weighted by atomic mass is 9.97. The van der Waals surface area contributed by atoms with Gasteiger partial charge in [0, 0.05) is 58.5 Å². The Morgan fingerprint density at radius 3 is 2.93 bits per heavy atom. The third-order valence-corrected chi connectivity index (χ3v) is 5.92. The van der Waals surface area contributed by atoms with Crippen molar-refractivity contribution in [3.8, 4) is 5.75 Å². The fourth-order valence-corrected chi connectivity index (χ4v) is 4.35. The van der Waals surface area contributed by atoms with Gasteiger partial charge in [-0.15, -0.1) is 10.2 Å². The van der Waals surface area contributed by atoms with Crippen molar-refractivity contribution in [1.82, 2.24) is 24.6 Å². The minimum absolute atomic E-state index is 0.157. The SMILES string of the molecule is COc1cccc(CN2CCc3nnc([C@H]4CCCN(C(C)=O)C4)n3CC2)c1. The van der Waals surface area contributed by atoms with Gasteiger partial charge in [0.1, 0.15) is 17.4 Å². The summed E-state index contributed by atoms with van der Waals surface area (Å²) in [4.78, 5) is 16.2. The topological polar surface area (TPSA) is 63.5 Å². The number of carbonyl (C=O) groups is 1. The molecule has 4 rings (SSSR count). The first-order valence-corrected chi connectivity index (χ1v) is 10.2. The van der Waals surface area contributed by atoms with Crippen LogP contribution in [0.1, 0.15) is 42.9 Å². The number of nitrogens with zero attached hydrogens (tertiary/aromatic N) is 5. The number of amides is 1. The second-order valence-electron chi connectivity index (χ2n) is 7.81. The van der Waals surface area contributed by atoms with Crippen LogP contribution in [0.4, 0.5) is 0 Å². The number of aromatic nitrogens is 3. The molecule has 0 aliphatic carbocycles. The van der Waals surface area contributed by atoms with Crippen LogP contribution in [0.25, 0.3) is 0 Å². The maximum Gasteiger partial charge on any atom is 0.219 e. The number of piperidine rings is 1. The van der Waals surface area contributed by atoms with Crippen LogP contribution in [-0.2, 0) is 24.3 Å². The van der Waals surface area contributed by atoms with Gasteiger partial charge in [0.15, 0.2) is 0 Å². The van der Waals surface area contributed by atoms with Crippen LogP contribution in [0.15, 0.2) is 24.3 Å². The van der Waals surface area contributed by atoms with E-state index in [4.69, 9.17) is 4.74 Å². The van der Waals surface area contributed by atoms with E-state index in [1.807, 2.05) is 17.0 Å². The molecule has 0 spiro atoms. The molecule has 1 aromatic heterocycles. The number of ether oxygens (including phenoxy) is 1. The summed E-state index contributed by atoms with van der Waals surface area (Å²) in [5.74, 6) is 3.49. The van der Waals surface area contributed by atoms with Gasteiger partial charge >= 0.3 is 0 Å². The first kappa shape index (κ1) is 18.9. The molecule has 2 aromatic rings. The Hall–Kier alpha value is -2.41. The Balaban J connectivity index is 1.44. The lowest BCUT2D eigenvalue weighted by molar-refractivity contribution is -0.130. The number of benzene rings is 1. The van der Waals surface area contributed by atoms with Gasteiger partial charge in [-0.1, -0.05) is 12.1 Å². The van der Waals surface area contributed by atoms with Crippen LogP contribution in [0.2, 0.25) is 0 Å². The summed E-state index contributed by atoms with van der Waals surface area (Å²) < 4.78 is 7.65. The third-order valence-electron chi connectivity index (χ3n) is 5.92. The molecule has 1 atom stereocenters. The number of likely N-dealkylation sites (tertiary alicyclic amines) is 1. The van der Waals surface area contributed by atoms with E-state index in [2.05, 4.69) is 31.8 Å². The minimum atomic E-state index is 0.157. The molecular formula is C21H29N5O2. The molecule has 0 radical (unpaired) electrons. The van der Waals surface area contributed by atoms with Crippen molar-refractivity contribution in [3.05, 3.63) is 41.5 Å². The summed E-state index contributed by atoms with van der Waals surface area (Å²) in [6.07, 6.45) is 3.02. The highest BCUT2D eigenvalue weighted by molar-refractivity contribution is 5.73. The van der Waals surface area contributed by atoms with E-state index in [1.165, 1.54) is 5.56 Å². The Morgan fingerprint density at radius 1 is 1.21 bits per heavy atom. The fraction of sp³-hybridized carbons (Fsp3) is 0.571. The fourth-order valence-electron chi connectivity index (χ4n) is 4.35. The quantitative estimate of drug-likeness (QED) is 0.809. The smallest absolute Gasteiger partial charge is 0.219 e. The summed E-state index contributed by atoms with van der Waals surface area (Å²) in [7, 11) is 1.71. The van der Waals surface area contributed by atoms with E-state index < -0.39 is 0 Å². The second kappa shape index (κ2) is 8.31. The number of methoxy groups -OCH3 is 1. The lowest BCUT2D eigenvalue weighted by Crippen LogP contribution is -2.38. The summed E-state index contributed by atoms with van der Waals surface area (Å²) in [6, 6.07) is 8.28. The zero-order valence-corrected chi connectivity index (χ0v) is 16.8. The molecule has 1 amide bonds. The molecule has 7 nitrogen and oxygen atoms in total. The van der Waals surface area contributed by atoms with E-state index in [0.717, 1.165) is 75.9 Å². The van der Waals surface area contributed by atoms with Crippen molar-refractivity contribution in [1.29, 1.82) is 0 Å². The molecule has 0 N–H and O–H groups in total. The summed E-state index contributed by atoms with van der Waals surface area (Å²) >= 11 is 0. The van der Waals surface area contributed by atoms with Crippen molar-refractivity contribution >= 4 is 5.91 Å². The summed E-state index contributed by atoms with van der Waals surface area (Å²) in [5, 5.41) is 9.02. The number of fused-ring (bicyclic) bond motifs is 1. The number of rotatable bonds is 4. The predicted octanol–water partition coefficient (Wildman–Crippen LogP) is 2.07. The zero-order valence-electron chi connectivity index (χ0n) is 16.8. The molecule has 1 aromatic carbocycles. The third kappa shape index (κ3) is 4.04. The molecule has 0 saturated carbocycles. The first-order valence-electron chi connectivity index (χ1n) is 10.2. The van der Waals surface area contributed by atoms with Gasteiger partial charge in [-0.3, -0.25) is 9.69 Å². The minimum Gasteiger partial charge on any atom is -0.497 e. The van der Waals surface area contributed by atoms with Crippen LogP contribution in [0.5, 0.6) is 5.75 Å². The molecule has 1 fully saturated rings. The second-order valence-corrected chi connectivity index (χ2v) is 7.81. The maximum atomic E-state index is 11.8. The summed E-state index contributed by atoms with van der Waals surface area (Å²) in [6.45, 7) is 7.04. The number of hydrogen-bond acceptors (Lipinski definition) is 5. The normalized spacial score (nSPS) is 20.5. The van der Waals surface area contributed by atoms with Gasteiger partial charge in [-0.2, -0.15) is 0 Å². The zero-order chi connectivity index (χ0) is 19.5. The van der Waals surface area contributed by atoms with Crippen LogP contribution < -0.4 is 4.74 Å². The average Bonchev–Trinajstić information content (AvgIpc) is 3.03. The Morgan fingerprint density at radius 2 is 2.11 bits per heavy atom. The monoisotopic (exact) mass is 383 g/mol. The molecule has 7 heteroatoms. The van der Waals surface area contributed by atoms with E-state index in [1.54, 1.807) is 14.0 Å². The molecule has 2 aliphatic rings. The van der Waals surface area contributed by atoms with E-state index in [9.17, 15) is 4.79 Å². The van der Waals surface area contributed by atoms with E-state index >= 15 is 0 Å².